The quantitative estimate of drug-likeness (QED) is 0.816. The standard InChI is InChI=1S/C15H18N4/c1-2-12(7-16-3-1)8-18-9-13-6-15-17-4-5-19(15)11-14(13)10-18/h1-5,7,13-14H,6,8-11H2/t13-,14-/m0/s1. The van der Waals surface area contributed by atoms with Gasteiger partial charge in [-0.2, -0.15) is 0 Å². The average molecular weight is 254 g/mol. The normalized spacial score (nSPS) is 26.1. The van der Waals surface area contributed by atoms with Crippen LogP contribution in [0.15, 0.2) is 36.9 Å². The molecule has 1 fully saturated rings. The van der Waals surface area contributed by atoms with Gasteiger partial charge in [0.15, 0.2) is 0 Å². The highest BCUT2D eigenvalue weighted by Crippen LogP contribution is 2.32. The van der Waals surface area contributed by atoms with Crippen molar-refractivity contribution in [3.63, 3.8) is 0 Å². The Bertz CT molecular complexity index is 534. The number of hydrogen-bond donors (Lipinski definition) is 0. The molecular formula is C15H18N4. The van der Waals surface area contributed by atoms with Gasteiger partial charge in [-0.3, -0.25) is 9.88 Å². The highest BCUT2D eigenvalue weighted by Gasteiger charge is 2.36. The summed E-state index contributed by atoms with van der Waals surface area (Å²) < 4.78 is 2.33. The van der Waals surface area contributed by atoms with E-state index in [9.17, 15) is 0 Å². The van der Waals surface area contributed by atoms with Crippen molar-refractivity contribution in [3.8, 4) is 0 Å². The van der Waals surface area contributed by atoms with E-state index in [-0.39, 0.29) is 0 Å². The lowest BCUT2D eigenvalue weighted by Gasteiger charge is -2.25. The molecule has 0 saturated carbocycles. The van der Waals surface area contributed by atoms with Crippen LogP contribution in [0.25, 0.3) is 0 Å². The zero-order chi connectivity index (χ0) is 12.7. The zero-order valence-electron chi connectivity index (χ0n) is 10.9. The van der Waals surface area contributed by atoms with Crippen molar-refractivity contribution in [3.05, 3.63) is 48.3 Å². The molecule has 0 amide bonds. The van der Waals surface area contributed by atoms with E-state index in [0.29, 0.717) is 0 Å². The van der Waals surface area contributed by atoms with Gasteiger partial charge in [0, 0.05) is 57.4 Å². The lowest BCUT2D eigenvalue weighted by Crippen LogP contribution is -2.27. The van der Waals surface area contributed by atoms with Crippen LogP contribution in [0.5, 0.6) is 0 Å². The van der Waals surface area contributed by atoms with Crippen molar-refractivity contribution in [2.24, 2.45) is 11.8 Å². The fourth-order valence-corrected chi connectivity index (χ4v) is 3.54. The van der Waals surface area contributed by atoms with Gasteiger partial charge in [0.1, 0.15) is 5.82 Å². The maximum absolute atomic E-state index is 4.46. The van der Waals surface area contributed by atoms with Crippen LogP contribution < -0.4 is 0 Å². The first kappa shape index (κ1) is 11.2. The summed E-state index contributed by atoms with van der Waals surface area (Å²) in [5.41, 5.74) is 1.32. The summed E-state index contributed by atoms with van der Waals surface area (Å²) in [4.78, 5) is 11.2. The monoisotopic (exact) mass is 254 g/mol. The molecule has 0 radical (unpaired) electrons. The molecule has 19 heavy (non-hydrogen) atoms. The summed E-state index contributed by atoms with van der Waals surface area (Å²) in [7, 11) is 0. The molecule has 2 aliphatic rings. The highest BCUT2D eigenvalue weighted by molar-refractivity contribution is 5.09. The minimum atomic E-state index is 0.784. The van der Waals surface area contributed by atoms with Gasteiger partial charge in [0.05, 0.1) is 0 Å². The zero-order valence-corrected chi connectivity index (χ0v) is 10.9. The van der Waals surface area contributed by atoms with Gasteiger partial charge in [0.25, 0.3) is 0 Å². The molecule has 4 nitrogen and oxygen atoms in total. The molecule has 0 spiro atoms. The Kier molecular flexibility index (Phi) is 2.62. The Morgan fingerprint density at radius 1 is 1.16 bits per heavy atom. The minimum Gasteiger partial charge on any atom is -0.335 e. The minimum absolute atomic E-state index is 0.784. The number of fused-ring (bicyclic) bond motifs is 2. The topological polar surface area (TPSA) is 34.0 Å². The third-order valence-electron chi connectivity index (χ3n) is 4.46. The molecule has 4 rings (SSSR count). The second-order valence-corrected chi connectivity index (χ2v) is 5.78. The molecule has 0 aromatic carbocycles. The second-order valence-electron chi connectivity index (χ2n) is 5.78. The Morgan fingerprint density at radius 2 is 2.11 bits per heavy atom. The van der Waals surface area contributed by atoms with Gasteiger partial charge in [-0.05, 0) is 23.5 Å². The highest BCUT2D eigenvalue weighted by atomic mass is 15.2. The summed E-state index contributed by atoms with van der Waals surface area (Å²) in [6.07, 6.45) is 9.01. The fraction of sp³-hybridized carbons (Fsp3) is 0.467. The average Bonchev–Trinajstić information content (AvgIpc) is 3.01. The van der Waals surface area contributed by atoms with Crippen molar-refractivity contribution < 1.29 is 0 Å². The lowest BCUT2D eigenvalue weighted by molar-refractivity contribution is 0.306. The van der Waals surface area contributed by atoms with Gasteiger partial charge < -0.3 is 4.57 Å². The van der Waals surface area contributed by atoms with E-state index in [0.717, 1.165) is 31.3 Å². The van der Waals surface area contributed by atoms with Gasteiger partial charge in [0.2, 0.25) is 0 Å². The molecule has 2 atom stereocenters. The largest absolute Gasteiger partial charge is 0.335 e. The van der Waals surface area contributed by atoms with E-state index in [1.165, 1.54) is 24.5 Å². The van der Waals surface area contributed by atoms with Crippen molar-refractivity contribution in [1.82, 2.24) is 19.4 Å². The summed E-state index contributed by atoms with van der Waals surface area (Å²) in [5.74, 6) is 2.84. The lowest BCUT2D eigenvalue weighted by atomic mass is 9.90. The van der Waals surface area contributed by atoms with Crippen LogP contribution in [0.4, 0.5) is 0 Å². The van der Waals surface area contributed by atoms with E-state index in [1.54, 1.807) is 0 Å². The number of pyridine rings is 1. The van der Waals surface area contributed by atoms with Crippen LogP contribution in [0, 0.1) is 11.8 Å². The van der Waals surface area contributed by atoms with Crippen LogP contribution >= 0.6 is 0 Å². The van der Waals surface area contributed by atoms with Crippen LogP contribution in [0.1, 0.15) is 11.4 Å². The fourth-order valence-electron chi connectivity index (χ4n) is 3.54. The molecule has 0 unspecified atom stereocenters. The molecule has 2 aliphatic heterocycles. The molecule has 0 bridgehead atoms. The molecule has 4 heteroatoms. The molecule has 98 valence electrons. The van der Waals surface area contributed by atoms with Crippen LogP contribution in [0.2, 0.25) is 0 Å². The first-order valence-corrected chi connectivity index (χ1v) is 7.00. The number of imidazole rings is 1. The maximum Gasteiger partial charge on any atom is 0.108 e. The van der Waals surface area contributed by atoms with Gasteiger partial charge in [-0.1, -0.05) is 6.07 Å². The molecule has 4 heterocycles. The summed E-state index contributed by atoms with van der Waals surface area (Å²) in [6, 6.07) is 4.19. The first-order valence-electron chi connectivity index (χ1n) is 7.00. The summed E-state index contributed by atoms with van der Waals surface area (Å²) in [5, 5.41) is 0. The van der Waals surface area contributed by atoms with E-state index in [4.69, 9.17) is 0 Å². The van der Waals surface area contributed by atoms with Crippen LogP contribution in [-0.4, -0.2) is 32.5 Å². The SMILES string of the molecule is c1cncc(CN2C[C@@H]3Cc4nccn4C[C@@H]3C2)c1. The van der Waals surface area contributed by atoms with Crippen molar-refractivity contribution >= 4 is 0 Å². The number of nitrogens with zero attached hydrogens (tertiary/aromatic N) is 4. The second kappa shape index (κ2) is 4.46. The van der Waals surface area contributed by atoms with Gasteiger partial charge in [-0.25, -0.2) is 4.98 Å². The van der Waals surface area contributed by atoms with E-state index in [1.807, 2.05) is 24.7 Å². The van der Waals surface area contributed by atoms with Gasteiger partial charge in [-0.15, -0.1) is 0 Å². The summed E-state index contributed by atoms with van der Waals surface area (Å²) in [6.45, 7) is 4.58. The third-order valence-corrected chi connectivity index (χ3v) is 4.46. The number of likely N-dealkylation sites (tertiary alicyclic amines) is 1. The number of rotatable bonds is 2. The van der Waals surface area contributed by atoms with Crippen LogP contribution in [0.3, 0.4) is 0 Å². The number of aromatic nitrogens is 3. The molecule has 1 saturated heterocycles. The van der Waals surface area contributed by atoms with Crippen molar-refractivity contribution in [1.29, 1.82) is 0 Å². The van der Waals surface area contributed by atoms with Crippen molar-refractivity contribution in [2.45, 2.75) is 19.5 Å². The molecule has 0 aliphatic carbocycles. The predicted octanol–water partition coefficient (Wildman–Crippen LogP) is 1.58. The molecule has 2 aromatic rings. The Morgan fingerprint density at radius 3 is 3.00 bits per heavy atom. The van der Waals surface area contributed by atoms with Crippen molar-refractivity contribution in [2.75, 3.05) is 13.1 Å². The Labute approximate surface area is 113 Å². The molecule has 2 aromatic heterocycles. The third kappa shape index (κ3) is 2.06. The first-order chi connectivity index (χ1) is 9.38. The number of hydrogen-bond acceptors (Lipinski definition) is 3. The van der Waals surface area contributed by atoms with E-state index >= 15 is 0 Å². The maximum atomic E-state index is 4.46. The van der Waals surface area contributed by atoms with E-state index < -0.39 is 0 Å². The van der Waals surface area contributed by atoms with E-state index in [2.05, 4.69) is 31.7 Å². The predicted molar refractivity (Wildman–Crippen MR) is 72.4 cm³/mol. The molecule has 0 N–H and O–H groups in total. The van der Waals surface area contributed by atoms with Crippen LogP contribution in [-0.2, 0) is 19.5 Å². The smallest absolute Gasteiger partial charge is 0.108 e. The summed E-state index contributed by atoms with van der Waals surface area (Å²) >= 11 is 0. The van der Waals surface area contributed by atoms with Gasteiger partial charge >= 0.3 is 0 Å². The molecular weight excluding hydrogens is 236 g/mol. The Balaban J connectivity index is 1.46. The Hall–Kier alpha value is -1.68.